The highest BCUT2D eigenvalue weighted by Gasteiger charge is 2.29. The van der Waals surface area contributed by atoms with E-state index in [-0.39, 0.29) is 5.71 Å². The Balaban J connectivity index is 2.52. The third-order valence-electron chi connectivity index (χ3n) is 4.34. The summed E-state index contributed by atoms with van der Waals surface area (Å²) in [5.74, 6) is -0.889. The second-order valence-electron chi connectivity index (χ2n) is 6.25. The van der Waals surface area contributed by atoms with Crippen LogP contribution in [0.1, 0.15) is 23.0 Å². The molecule has 0 saturated carbocycles. The maximum Gasteiger partial charge on any atom is 0.325 e. The summed E-state index contributed by atoms with van der Waals surface area (Å²) in [6, 6.07) is 13.0. The molecule has 9 heteroatoms. The molecule has 2 aromatic carbocycles. The van der Waals surface area contributed by atoms with Gasteiger partial charge in [0.1, 0.15) is 24.8 Å². The topological polar surface area (TPSA) is 74.2 Å². The van der Waals surface area contributed by atoms with E-state index in [0.29, 0.717) is 22.6 Å². The van der Waals surface area contributed by atoms with Crippen LogP contribution in [0.3, 0.4) is 0 Å². The number of hydrogen-bond acceptors (Lipinski definition) is 6. The van der Waals surface area contributed by atoms with Crippen LogP contribution in [0.4, 0.5) is 8.78 Å². The van der Waals surface area contributed by atoms with E-state index >= 15 is 0 Å². The van der Waals surface area contributed by atoms with Gasteiger partial charge in [-0.3, -0.25) is 13.1 Å². The fraction of sp³-hybridized carbons (Fsp3) is 0.350. The standard InChI is InChI=1S/C20H23F2NO5S/c1-26-16-8-4-14(5-9-16)18(12-21)20(23-28-29(3,24)25)19(13-22)15-6-10-17(27-2)11-7-15/h4-11,18-19H,12-13H2,1-3H3. The summed E-state index contributed by atoms with van der Waals surface area (Å²) in [5, 5.41) is 3.66. The van der Waals surface area contributed by atoms with Crippen LogP contribution >= 0.6 is 0 Å². The van der Waals surface area contributed by atoms with Crippen LogP contribution in [0.15, 0.2) is 53.7 Å². The molecule has 2 unspecified atom stereocenters. The third-order valence-corrected chi connectivity index (χ3v) is 4.68. The molecule has 0 aliphatic heterocycles. The molecule has 0 aliphatic carbocycles. The summed E-state index contributed by atoms with van der Waals surface area (Å²) in [6.07, 6.45) is 0.809. The molecular weight excluding hydrogens is 404 g/mol. The molecule has 0 N–H and O–H groups in total. The summed E-state index contributed by atoms with van der Waals surface area (Å²) in [7, 11) is -0.966. The first-order valence-corrected chi connectivity index (χ1v) is 10.5. The van der Waals surface area contributed by atoms with Crippen LogP contribution in [0.5, 0.6) is 11.5 Å². The van der Waals surface area contributed by atoms with Gasteiger partial charge in [0, 0.05) is 0 Å². The van der Waals surface area contributed by atoms with Crippen molar-refractivity contribution >= 4 is 15.8 Å². The number of benzene rings is 2. The zero-order chi connectivity index (χ0) is 21.4. The van der Waals surface area contributed by atoms with Crippen LogP contribution in [-0.4, -0.2) is 48.0 Å². The van der Waals surface area contributed by atoms with Crippen LogP contribution in [-0.2, 0) is 14.4 Å². The Labute approximate surface area is 169 Å². The molecular formula is C20H23F2NO5S. The molecule has 0 aliphatic rings. The molecule has 0 fully saturated rings. The van der Waals surface area contributed by atoms with Gasteiger partial charge in [0.2, 0.25) is 0 Å². The second-order valence-corrected chi connectivity index (χ2v) is 7.81. The van der Waals surface area contributed by atoms with Gasteiger partial charge in [-0.2, -0.15) is 8.42 Å². The number of oxime groups is 1. The minimum absolute atomic E-state index is 0.0734. The monoisotopic (exact) mass is 427 g/mol. The van der Waals surface area contributed by atoms with Gasteiger partial charge < -0.3 is 9.47 Å². The van der Waals surface area contributed by atoms with E-state index in [2.05, 4.69) is 9.44 Å². The zero-order valence-electron chi connectivity index (χ0n) is 16.3. The number of alkyl halides is 2. The van der Waals surface area contributed by atoms with Gasteiger partial charge in [0.25, 0.3) is 0 Å². The molecule has 0 spiro atoms. The van der Waals surface area contributed by atoms with E-state index in [1.54, 1.807) is 48.5 Å². The molecule has 0 bridgehead atoms. The van der Waals surface area contributed by atoms with Crippen molar-refractivity contribution in [3.63, 3.8) is 0 Å². The predicted octanol–water partition coefficient (Wildman–Crippen LogP) is 3.84. The number of hydrogen-bond donors (Lipinski definition) is 0. The summed E-state index contributed by atoms with van der Waals surface area (Å²) >= 11 is 0. The highest BCUT2D eigenvalue weighted by Crippen LogP contribution is 2.31. The average Bonchev–Trinajstić information content (AvgIpc) is 2.72. The van der Waals surface area contributed by atoms with Crippen molar-refractivity contribution in [2.75, 3.05) is 33.8 Å². The average molecular weight is 427 g/mol. The van der Waals surface area contributed by atoms with Gasteiger partial charge in [-0.25, -0.2) is 0 Å². The van der Waals surface area contributed by atoms with E-state index < -0.39 is 35.3 Å². The van der Waals surface area contributed by atoms with Gasteiger partial charge in [-0.15, -0.1) is 0 Å². The van der Waals surface area contributed by atoms with Crippen LogP contribution in [0, 0.1) is 0 Å². The quantitative estimate of drug-likeness (QED) is 0.425. The molecule has 0 saturated heterocycles. The molecule has 2 rings (SSSR count). The van der Waals surface area contributed by atoms with Crippen molar-refractivity contribution in [1.29, 1.82) is 0 Å². The molecule has 158 valence electrons. The third kappa shape index (κ3) is 6.15. The molecule has 0 amide bonds. The number of halogens is 2. The Morgan fingerprint density at radius 1 is 0.862 bits per heavy atom. The van der Waals surface area contributed by atoms with Gasteiger partial charge in [-0.1, -0.05) is 29.4 Å². The first-order chi connectivity index (χ1) is 13.8. The Morgan fingerprint density at radius 3 is 1.52 bits per heavy atom. The largest absolute Gasteiger partial charge is 0.497 e. The summed E-state index contributed by atoms with van der Waals surface area (Å²) < 4.78 is 65.8. The molecule has 0 aromatic heterocycles. The van der Waals surface area contributed by atoms with E-state index in [1.165, 1.54) is 14.2 Å². The predicted molar refractivity (Wildman–Crippen MR) is 107 cm³/mol. The number of nitrogens with zero attached hydrogens (tertiary/aromatic N) is 1. The van der Waals surface area contributed by atoms with Crippen molar-refractivity contribution in [2.24, 2.45) is 5.16 Å². The smallest absolute Gasteiger partial charge is 0.325 e. The summed E-state index contributed by atoms with van der Waals surface area (Å²) in [6.45, 7) is -1.85. The molecule has 29 heavy (non-hydrogen) atoms. The van der Waals surface area contributed by atoms with Gasteiger partial charge in [-0.05, 0) is 35.4 Å². The lowest BCUT2D eigenvalue weighted by Crippen LogP contribution is -2.25. The lowest BCUT2D eigenvalue weighted by atomic mass is 9.84. The normalized spacial score (nSPS) is 13.3. The molecule has 2 atom stereocenters. The molecule has 0 heterocycles. The molecule has 2 aromatic rings. The molecule has 0 radical (unpaired) electrons. The van der Waals surface area contributed by atoms with E-state index in [4.69, 9.17) is 9.47 Å². The van der Waals surface area contributed by atoms with E-state index in [9.17, 15) is 17.2 Å². The van der Waals surface area contributed by atoms with Crippen molar-refractivity contribution in [2.45, 2.75) is 11.8 Å². The van der Waals surface area contributed by atoms with Crippen molar-refractivity contribution in [3.8, 4) is 11.5 Å². The van der Waals surface area contributed by atoms with Crippen LogP contribution in [0.25, 0.3) is 0 Å². The van der Waals surface area contributed by atoms with Crippen LogP contribution < -0.4 is 9.47 Å². The lowest BCUT2D eigenvalue weighted by molar-refractivity contribution is 0.333. The number of methoxy groups -OCH3 is 2. The van der Waals surface area contributed by atoms with Gasteiger partial charge in [0.05, 0.1) is 38.0 Å². The first-order valence-electron chi connectivity index (χ1n) is 8.69. The van der Waals surface area contributed by atoms with Gasteiger partial charge >= 0.3 is 10.1 Å². The molecule has 6 nitrogen and oxygen atoms in total. The first kappa shape index (κ1) is 22.6. The van der Waals surface area contributed by atoms with Gasteiger partial charge in [0.15, 0.2) is 0 Å². The summed E-state index contributed by atoms with van der Waals surface area (Å²) in [4.78, 5) is 0. The van der Waals surface area contributed by atoms with Crippen molar-refractivity contribution in [3.05, 3.63) is 59.7 Å². The highest BCUT2D eigenvalue weighted by atomic mass is 32.2. The van der Waals surface area contributed by atoms with Crippen molar-refractivity contribution in [1.82, 2.24) is 0 Å². The number of rotatable bonds is 10. The maximum atomic E-state index is 14.1. The number of ether oxygens (including phenoxy) is 2. The second kappa shape index (κ2) is 10.2. The van der Waals surface area contributed by atoms with Crippen LogP contribution in [0.2, 0.25) is 0 Å². The Hall–Kier alpha value is -2.68. The van der Waals surface area contributed by atoms with E-state index in [1.807, 2.05) is 0 Å². The SMILES string of the molecule is COc1ccc(C(CF)C(=NOS(C)(=O)=O)C(CF)c2ccc(OC)cc2)cc1. The van der Waals surface area contributed by atoms with Crippen molar-refractivity contribution < 1.29 is 31.0 Å². The fourth-order valence-corrected chi connectivity index (χ4v) is 3.05. The highest BCUT2D eigenvalue weighted by molar-refractivity contribution is 7.85. The minimum Gasteiger partial charge on any atom is -0.497 e. The summed E-state index contributed by atoms with van der Waals surface area (Å²) in [5.41, 5.74) is 0.892. The minimum atomic E-state index is -3.96. The fourth-order valence-electron chi connectivity index (χ4n) is 2.83. The maximum absolute atomic E-state index is 14.1. The Kier molecular flexibility index (Phi) is 7.95. The van der Waals surface area contributed by atoms with E-state index in [0.717, 1.165) is 6.26 Å². The zero-order valence-corrected chi connectivity index (χ0v) is 17.2. The Bertz CT molecular complexity index is 857. The Morgan fingerprint density at radius 2 is 1.24 bits per heavy atom. The lowest BCUT2D eigenvalue weighted by Gasteiger charge is -2.23.